The molecule has 0 fully saturated rings. The third-order valence-corrected chi connectivity index (χ3v) is 5.38. The highest BCUT2D eigenvalue weighted by Crippen LogP contribution is 2.33. The lowest BCUT2D eigenvalue weighted by molar-refractivity contribution is -0.116. The van der Waals surface area contributed by atoms with Crippen LogP contribution in [0.15, 0.2) is 29.4 Å². The molecule has 0 saturated carbocycles. The summed E-state index contributed by atoms with van der Waals surface area (Å²) >= 11 is 6.14. The van der Waals surface area contributed by atoms with Gasteiger partial charge in [0, 0.05) is 18.7 Å². The predicted octanol–water partition coefficient (Wildman–Crippen LogP) is 2.80. The summed E-state index contributed by atoms with van der Waals surface area (Å²) in [5.74, 6) is -0.126. The SMILES string of the molecule is CC(C)n1cc(NS(=O)(=O)c2cc(Cl)c3c(c2)CCC(=O)N3)cn1. The largest absolute Gasteiger partial charge is 0.325 e. The number of aryl methyl sites for hydroxylation is 1. The smallest absolute Gasteiger partial charge is 0.262 e. The lowest BCUT2D eigenvalue weighted by atomic mass is 10.0. The van der Waals surface area contributed by atoms with Crippen LogP contribution in [-0.4, -0.2) is 24.1 Å². The number of hydrogen-bond donors (Lipinski definition) is 2. The van der Waals surface area contributed by atoms with E-state index < -0.39 is 10.0 Å². The van der Waals surface area contributed by atoms with E-state index in [1.807, 2.05) is 13.8 Å². The Balaban J connectivity index is 1.92. The number of hydrogen-bond acceptors (Lipinski definition) is 4. The molecular weight excluding hydrogens is 352 g/mol. The van der Waals surface area contributed by atoms with Crippen molar-refractivity contribution in [2.24, 2.45) is 0 Å². The van der Waals surface area contributed by atoms with Crippen molar-refractivity contribution >= 4 is 38.9 Å². The number of halogens is 1. The highest BCUT2D eigenvalue weighted by atomic mass is 35.5. The number of anilines is 2. The zero-order valence-corrected chi connectivity index (χ0v) is 14.8. The monoisotopic (exact) mass is 368 g/mol. The topological polar surface area (TPSA) is 93.1 Å². The van der Waals surface area contributed by atoms with Crippen LogP contribution < -0.4 is 10.0 Å². The Labute approximate surface area is 145 Å². The maximum absolute atomic E-state index is 12.6. The second-order valence-electron chi connectivity index (χ2n) is 5.90. The molecule has 3 rings (SSSR count). The second-order valence-corrected chi connectivity index (χ2v) is 7.99. The summed E-state index contributed by atoms with van der Waals surface area (Å²) < 4.78 is 29.3. The molecule has 0 bridgehead atoms. The molecule has 0 spiro atoms. The van der Waals surface area contributed by atoms with Crippen molar-refractivity contribution in [1.29, 1.82) is 0 Å². The maximum Gasteiger partial charge on any atom is 0.262 e. The van der Waals surface area contributed by atoms with Crippen LogP contribution in [0.5, 0.6) is 0 Å². The first-order valence-electron chi connectivity index (χ1n) is 7.45. The van der Waals surface area contributed by atoms with E-state index in [9.17, 15) is 13.2 Å². The Bertz CT molecular complexity index is 905. The van der Waals surface area contributed by atoms with Crippen LogP contribution in [0, 0.1) is 0 Å². The molecule has 128 valence electrons. The Kier molecular flexibility index (Phi) is 4.27. The molecule has 0 atom stereocenters. The van der Waals surface area contributed by atoms with Gasteiger partial charge in [-0.25, -0.2) is 8.42 Å². The average Bonchev–Trinajstić information content (AvgIpc) is 2.96. The molecule has 0 aliphatic carbocycles. The molecule has 9 heteroatoms. The lowest BCUT2D eigenvalue weighted by Crippen LogP contribution is -2.20. The fraction of sp³-hybridized carbons (Fsp3) is 0.333. The van der Waals surface area contributed by atoms with Gasteiger partial charge >= 0.3 is 0 Å². The normalized spacial score (nSPS) is 14.4. The zero-order chi connectivity index (χ0) is 17.5. The maximum atomic E-state index is 12.6. The number of nitrogens with one attached hydrogen (secondary N) is 2. The van der Waals surface area contributed by atoms with E-state index in [1.165, 1.54) is 18.3 Å². The van der Waals surface area contributed by atoms with Gasteiger partial charge in [0.1, 0.15) is 0 Å². The molecule has 0 radical (unpaired) electrons. The van der Waals surface area contributed by atoms with Gasteiger partial charge in [-0.05, 0) is 38.0 Å². The first kappa shape index (κ1) is 16.8. The van der Waals surface area contributed by atoms with Gasteiger partial charge in [-0.1, -0.05) is 11.6 Å². The second kappa shape index (κ2) is 6.10. The van der Waals surface area contributed by atoms with Crippen molar-refractivity contribution in [3.63, 3.8) is 0 Å². The van der Waals surface area contributed by atoms with E-state index in [-0.39, 0.29) is 21.9 Å². The molecule has 1 aromatic heterocycles. The minimum absolute atomic E-state index is 0.0553. The summed E-state index contributed by atoms with van der Waals surface area (Å²) in [6.45, 7) is 3.89. The first-order valence-corrected chi connectivity index (χ1v) is 9.31. The van der Waals surface area contributed by atoms with Gasteiger partial charge in [0.15, 0.2) is 0 Å². The van der Waals surface area contributed by atoms with Crippen LogP contribution in [-0.2, 0) is 21.2 Å². The number of fused-ring (bicyclic) bond motifs is 1. The summed E-state index contributed by atoms with van der Waals surface area (Å²) in [6, 6.07) is 3.00. The van der Waals surface area contributed by atoms with Crippen molar-refractivity contribution in [1.82, 2.24) is 9.78 Å². The third-order valence-electron chi connectivity index (χ3n) is 3.72. The highest BCUT2D eigenvalue weighted by molar-refractivity contribution is 7.92. The summed E-state index contributed by atoms with van der Waals surface area (Å²) in [4.78, 5) is 11.5. The summed E-state index contributed by atoms with van der Waals surface area (Å²) in [7, 11) is -3.80. The van der Waals surface area contributed by atoms with Crippen LogP contribution in [0.4, 0.5) is 11.4 Å². The fourth-order valence-electron chi connectivity index (χ4n) is 2.47. The van der Waals surface area contributed by atoms with Crippen LogP contribution >= 0.6 is 11.6 Å². The molecule has 0 saturated heterocycles. The Morgan fingerprint density at radius 3 is 2.75 bits per heavy atom. The average molecular weight is 369 g/mol. The molecule has 1 aromatic carbocycles. The summed E-state index contributed by atoms with van der Waals surface area (Å²) in [5, 5.41) is 6.99. The Morgan fingerprint density at radius 1 is 1.33 bits per heavy atom. The molecule has 1 amide bonds. The van der Waals surface area contributed by atoms with Crippen LogP contribution in [0.1, 0.15) is 31.9 Å². The molecule has 2 N–H and O–H groups in total. The van der Waals surface area contributed by atoms with Crippen molar-refractivity contribution in [2.75, 3.05) is 10.0 Å². The Morgan fingerprint density at radius 2 is 2.08 bits per heavy atom. The van der Waals surface area contributed by atoms with E-state index in [0.29, 0.717) is 29.8 Å². The Hall–Kier alpha value is -2.06. The number of aromatic nitrogens is 2. The van der Waals surface area contributed by atoms with Crippen LogP contribution in [0.25, 0.3) is 0 Å². The summed E-state index contributed by atoms with van der Waals surface area (Å²) in [5.41, 5.74) is 1.57. The number of carbonyl (C=O) groups excluding carboxylic acids is 1. The van der Waals surface area contributed by atoms with Gasteiger partial charge in [0.2, 0.25) is 5.91 Å². The molecule has 1 aliphatic heterocycles. The van der Waals surface area contributed by atoms with E-state index in [0.717, 1.165) is 0 Å². The van der Waals surface area contributed by atoms with Gasteiger partial charge < -0.3 is 5.32 Å². The number of sulfonamides is 1. The van der Waals surface area contributed by atoms with E-state index in [4.69, 9.17) is 11.6 Å². The van der Waals surface area contributed by atoms with E-state index in [1.54, 1.807) is 10.9 Å². The van der Waals surface area contributed by atoms with Gasteiger partial charge in [-0.2, -0.15) is 5.10 Å². The van der Waals surface area contributed by atoms with Crippen molar-refractivity contribution in [2.45, 2.75) is 37.6 Å². The first-order chi connectivity index (χ1) is 11.3. The molecule has 7 nitrogen and oxygen atoms in total. The lowest BCUT2D eigenvalue weighted by Gasteiger charge is -2.19. The van der Waals surface area contributed by atoms with Crippen molar-refractivity contribution in [3.8, 4) is 0 Å². The minimum atomic E-state index is -3.80. The minimum Gasteiger partial charge on any atom is -0.325 e. The summed E-state index contributed by atoms with van der Waals surface area (Å²) in [6.07, 6.45) is 3.84. The molecule has 0 unspecified atom stereocenters. The molecule has 2 aromatic rings. The number of benzene rings is 1. The quantitative estimate of drug-likeness (QED) is 0.867. The molecule has 24 heavy (non-hydrogen) atoms. The molecule has 1 aliphatic rings. The molecular formula is C15H17ClN4O3S. The number of amides is 1. The highest BCUT2D eigenvalue weighted by Gasteiger charge is 2.23. The van der Waals surface area contributed by atoms with Crippen molar-refractivity contribution in [3.05, 3.63) is 35.1 Å². The predicted molar refractivity (Wildman–Crippen MR) is 91.8 cm³/mol. The number of rotatable bonds is 4. The van der Waals surface area contributed by atoms with Crippen LogP contribution in [0.2, 0.25) is 5.02 Å². The zero-order valence-electron chi connectivity index (χ0n) is 13.2. The van der Waals surface area contributed by atoms with Gasteiger partial charge in [0.05, 0.1) is 27.5 Å². The van der Waals surface area contributed by atoms with Gasteiger partial charge in [0.25, 0.3) is 10.0 Å². The standard InChI is InChI=1S/C15H17ClN4O3S/c1-9(2)20-8-11(7-17-20)19-24(22,23)12-5-10-3-4-14(21)18-15(10)13(16)6-12/h5-9,19H,3-4H2,1-2H3,(H,18,21). The fourth-order valence-corrected chi connectivity index (χ4v) is 3.92. The van der Waals surface area contributed by atoms with Gasteiger partial charge in [-0.15, -0.1) is 0 Å². The number of carbonyl (C=O) groups is 1. The van der Waals surface area contributed by atoms with E-state index in [2.05, 4.69) is 15.1 Å². The van der Waals surface area contributed by atoms with E-state index >= 15 is 0 Å². The van der Waals surface area contributed by atoms with Crippen LogP contribution in [0.3, 0.4) is 0 Å². The van der Waals surface area contributed by atoms with Crippen molar-refractivity contribution < 1.29 is 13.2 Å². The number of nitrogens with zero attached hydrogens (tertiary/aromatic N) is 2. The molecule has 2 heterocycles. The third kappa shape index (κ3) is 3.25. The van der Waals surface area contributed by atoms with Gasteiger partial charge in [-0.3, -0.25) is 14.2 Å².